The number of thioether (sulfide) groups is 3. The summed E-state index contributed by atoms with van der Waals surface area (Å²) >= 11 is 17.4. The molecule has 0 fully saturated rings. The number of rotatable bonds is 36. The number of nitrogens with zero attached hydrogens (tertiary/aromatic N) is 3. The molecule has 0 bridgehead atoms. The molecule has 12 nitrogen and oxygen atoms in total. The van der Waals surface area contributed by atoms with Gasteiger partial charge in [0.25, 0.3) is 0 Å². The largest absolute Gasteiger partial charge is 0.378 e. The van der Waals surface area contributed by atoms with E-state index in [0.29, 0.717) is 116 Å². The molecule has 0 amide bonds. The lowest BCUT2D eigenvalue weighted by Gasteiger charge is -2.14. The highest BCUT2D eigenvalue weighted by atomic mass is 32.2. The summed E-state index contributed by atoms with van der Waals surface area (Å²) in [4.78, 5) is 40.0. The number of ether oxygens (including phenoxy) is 6. The molecular formula is C30H57N3O9S6. The van der Waals surface area contributed by atoms with Crippen LogP contribution in [0.15, 0.2) is 14.4 Å². The molecule has 0 saturated heterocycles. The van der Waals surface area contributed by atoms with E-state index in [2.05, 4.69) is 37.9 Å². The third kappa shape index (κ3) is 23.7. The van der Waals surface area contributed by atoms with Crippen molar-refractivity contribution in [1.29, 1.82) is 0 Å². The molecule has 1 aromatic heterocycles. The molecule has 1 heterocycles. The van der Waals surface area contributed by atoms with Crippen LogP contribution in [0.1, 0.15) is 19.3 Å². The number of aromatic nitrogens is 3. The van der Waals surface area contributed by atoms with Crippen molar-refractivity contribution in [2.24, 2.45) is 0 Å². The van der Waals surface area contributed by atoms with Gasteiger partial charge in [0.05, 0.1) is 79.3 Å². The summed E-state index contributed by atoms with van der Waals surface area (Å²) in [5.74, 6) is 6.80. The molecule has 0 spiro atoms. The Hall–Kier alpha value is 0.270. The number of thiol groups is 3. The second-order valence-electron chi connectivity index (χ2n) is 10.0. The molecule has 0 aromatic carbocycles. The molecule has 1 aromatic rings. The standard InChI is InChI=1S/C30H57N3O9S6/c34-28-31(4-1-22-46-25-16-40-10-7-37-13-19-43)29(35)33(6-3-24-48-27-18-42-12-9-39-15-21-45)30(36)32(28)5-2-23-47-26-17-41-11-8-38-14-20-44/h43-45H,1-27H2. The quantitative estimate of drug-likeness (QED) is 0.0684. The van der Waals surface area contributed by atoms with Crippen molar-refractivity contribution in [3.05, 3.63) is 31.5 Å². The lowest BCUT2D eigenvalue weighted by Crippen LogP contribution is -2.54. The Kier molecular flexibility index (Phi) is 33.1. The van der Waals surface area contributed by atoms with Crippen LogP contribution >= 0.6 is 73.2 Å². The first-order chi connectivity index (χ1) is 23.6. The zero-order valence-electron chi connectivity index (χ0n) is 28.2. The van der Waals surface area contributed by atoms with Gasteiger partial charge in [0, 0.05) is 54.2 Å². The third-order valence-electron chi connectivity index (χ3n) is 6.34. The fourth-order valence-electron chi connectivity index (χ4n) is 4.05. The molecule has 0 aliphatic rings. The van der Waals surface area contributed by atoms with Gasteiger partial charge in [-0.25, -0.2) is 28.1 Å². The summed E-state index contributed by atoms with van der Waals surface area (Å²) in [6.45, 7) is 7.73. The lowest BCUT2D eigenvalue weighted by atomic mass is 10.4. The van der Waals surface area contributed by atoms with Crippen LogP contribution in [-0.2, 0) is 48.1 Å². The maximum absolute atomic E-state index is 13.3. The Balaban J connectivity index is 2.61. The Morgan fingerprint density at radius 3 is 0.875 bits per heavy atom. The van der Waals surface area contributed by atoms with Crippen molar-refractivity contribution in [1.82, 2.24) is 13.7 Å². The van der Waals surface area contributed by atoms with Crippen LogP contribution in [-0.4, -0.2) is 145 Å². The maximum Gasteiger partial charge on any atom is 0.336 e. The van der Waals surface area contributed by atoms with E-state index < -0.39 is 17.1 Å². The fourth-order valence-corrected chi connectivity index (χ4v) is 6.76. The molecular weight excluding hydrogens is 739 g/mol. The average Bonchev–Trinajstić information content (AvgIpc) is 3.08. The molecule has 0 aliphatic carbocycles. The monoisotopic (exact) mass is 795 g/mol. The van der Waals surface area contributed by atoms with Crippen molar-refractivity contribution in [2.75, 3.05) is 131 Å². The van der Waals surface area contributed by atoms with Gasteiger partial charge in [-0.2, -0.15) is 73.2 Å². The highest BCUT2D eigenvalue weighted by Gasteiger charge is 2.15. The SMILES string of the molecule is O=c1n(CCCSCCOCCOCCS)c(=O)n(CCCSCCOCCOCCS)c(=O)n1CCCSCCOCCOCCS. The summed E-state index contributed by atoms with van der Waals surface area (Å²) in [7, 11) is 0. The van der Waals surface area contributed by atoms with Crippen molar-refractivity contribution in [2.45, 2.75) is 38.9 Å². The highest BCUT2D eigenvalue weighted by molar-refractivity contribution is 7.99. The summed E-state index contributed by atoms with van der Waals surface area (Å²) in [6.07, 6.45) is 1.90. The summed E-state index contributed by atoms with van der Waals surface area (Å²) in [5.41, 5.74) is -1.60. The highest BCUT2D eigenvalue weighted by Crippen LogP contribution is 2.05. The molecule has 0 unspecified atom stereocenters. The van der Waals surface area contributed by atoms with E-state index in [0.717, 1.165) is 34.5 Å². The molecule has 282 valence electrons. The van der Waals surface area contributed by atoms with Crippen LogP contribution in [0.2, 0.25) is 0 Å². The summed E-state index contributed by atoms with van der Waals surface area (Å²) in [6, 6.07) is 0. The van der Waals surface area contributed by atoms with E-state index in [1.54, 1.807) is 35.3 Å². The zero-order chi connectivity index (χ0) is 34.9. The minimum Gasteiger partial charge on any atom is -0.378 e. The molecule has 18 heteroatoms. The van der Waals surface area contributed by atoms with Crippen LogP contribution in [0.3, 0.4) is 0 Å². The Morgan fingerprint density at radius 2 is 0.625 bits per heavy atom. The molecule has 0 atom stereocenters. The van der Waals surface area contributed by atoms with Crippen LogP contribution < -0.4 is 17.1 Å². The first kappa shape index (κ1) is 46.3. The van der Waals surface area contributed by atoms with Gasteiger partial charge in [-0.05, 0) is 36.5 Å². The van der Waals surface area contributed by atoms with Gasteiger partial charge in [0.15, 0.2) is 0 Å². The third-order valence-corrected chi connectivity index (χ3v) is 9.98. The topological polar surface area (TPSA) is 121 Å². The van der Waals surface area contributed by atoms with E-state index in [1.165, 1.54) is 13.7 Å². The first-order valence-electron chi connectivity index (χ1n) is 16.5. The summed E-state index contributed by atoms with van der Waals surface area (Å²) in [5, 5.41) is 0. The molecule has 48 heavy (non-hydrogen) atoms. The second kappa shape index (κ2) is 34.4. The Labute approximate surface area is 315 Å². The van der Waals surface area contributed by atoms with E-state index in [-0.39, 0.29) is 19.6 Å². The fraction of sp³-hybridized carbons (Fsp3) is 0.900. The van der Waals surface area contributed by atoms with E-state index in [1.807, 2.05) is 0 Å². The minimum atomic E-state index is -0.532. The van der Waals surface area contributed by atoms with Gasteiger partial charge < -0.3 is 28.4 Å². The molecule has 0 aliphatic heterocycles. The Bertz CT molecular complexity index is 906. The number of hydrogen-bond acceptors (Lipinski definition) is 15. The lowest BCUT2D eigenvalue weighted by molar-refractivity contribution is 0.0606. The van der Waals surface area contributed by atoms with Crippen LogP contribution in [0.25, 0.3) is 0 Å². The molecule has 1 rings (SSSR count). The number of hydrogen-bond donors (Lipinski definition) is 3. The van der Waals surface area contributed by atoms with Crippen molar-refractivity contribution < 1.29 is 28.4 Å². The van der Waals surface area contributed by atoms with Crippen LogP contribution in [0, 0.1) is 0 Å². The van der Waals surface area contributed by atoms with Crippen molar-refractivity contribution in [3.63, 3.8) is 0 Å². The maximum atomic E-state index is 13.3. The van der Waals surface area contributed by atoms with Crippen LogP contribution in [0.5, 0.6) is 0 Å². The van der Waals surface area contributed by atoms with E-state index in [4.69, 9.17) is 28.4 Å². The van der Waals surface area contributed by atoms with Crippen LogP contribution in [0.4, 0.5) is 0 Å². The van der Waals surface area contributed by atoms with Gasteiger partial charge >= 0.3 is 17.1 Å². The predicted molar refractivity (Wildman–Crippen MR) is 212 cm³/mol. The Morgan fingerprint density at radius 1 is 0.375 bits per heavy atom. The molecule has 0 N–H and O–H groups in total. The van der Waals surface area contributed by atoms with E-state index in [9.17, 15) is 14.4 Å². The van der Waals surface area contributed by atoms with Gasteiger partial charge in [0.1, 0.15) is 0 Å². The minimum absolute atomic E-state index is 0.261. The second-order valence-corrected chi connectivity index (χ2v) is 15.1. The summed E-state index contributed by atoms with van der Waals surface area (Å²) < 4.78 is 36.4. The van der Waals surface area contributed by atoms with Gasteiger partial charge in [0.2, 0.25) is 0 Å². The average molecular weight is 796 g/mol. The predicted octanol–water partition coefficient (Wildman–Crippen LogP) is 2.43. The van der Waals surface area contributed by atoms with Crippen molar-refractivity contribution >= 4 is 73.2 Å². The zero-order valence-corrected chi connectivity index (χ0v) is 33.3. The molecule has 0 radical (unpaired) electrons. The van der Waals surface area contributed by atoms with Crippen molar-refractivity contribution in [3.8, 4) is 0 Å². The van der Waals surface area contributed by atoms with E-state index >= 15 is 0 Å². The van der Waals surface area contributed by atoms with Gasteiger partial charge in [-0.3, -0.25) is 0 Å². The van der Waals surface area contributed by atoms with Gasteiger partial charge in [-0.15, -0.1) is 0 Å². The first-order valence-corrected chi connectivity index (χ1v) is 21.9. The molecule has 0 saturated carbocycles. The smallest absolute Gasteiger partial charge is 0.336 e. The van der Waals surface area contributed by atoms with Gasteiger partial charge in [-0.1, -0.05) is 0 Å². The normalized spacial score (nSPS) is 11.6.